The molecule has 0 aliphatic carbocycles. The molecule has 1 aliphatic heterocycles. The summed E-state index contributed by atoms with van der Waals surface area (Å²) in [5.41, 5.74) is 4.37. The van der Waals surface area contributed by atoms with Crippen LogP contribution >= 0.6 is 0 Å². The molecule has 1 atom stereocenters. The topological polar surface area (TPSA) is 85.0 Å². The molecule has 1 amide bonds. The predicted molar refractivity (Wildman–Crippen MR) is 118 cm³/mol. The van der Waals surface area contributed by atoms with Gasteiger partial charge in [-0.2, -0.15) is 0 Å². The van der Waals surface area contributed by atoms with Crippen molar-refractivity contribution < 1.29 is 9.32 Å². The van der Waals surface area contributed by atoms with E-state index in [1.807, 2.05) is 30.3 Å². The highest BCUT2D eigenvalue weighted by Gasteiger charge is 2.35. The van der Waals surface area contributed by atoms with Gasteiger partial charge in [0, 0.05) is 49.6 Å². The molecule has 1 saturated heterocycles. The number of nitrogens with zero attached hydrogens (tertiary/aromatic N) is 5. The predicted octanol–water partition coefficient (Wildman–Crippen LogP) is 4.72. The summed E-state index contributed by atoms with van der Waals surface area (Å²) in [5.74, 6) is 1.47. The molecule has 3 aromatic rings. The molecule has 1 fully saturated rings. The smallest absolute Gasteiger partial charge is 0.276 e. The van der Waals surface area contributed by atoms with Gasteiger partial charge < -0.3 is 9.42 Å². The van der Waals surface area contributed by atoms with Gasteiger partial charge in [0.25, 0.3) is 5.91 Å². The maximum atomic E-state index is 13.3. The minimum atomic E-state index is -0.111. The Morgan fingerprint density at radius 2 is 2.03 bits per heavy atom. The molecule has 0 aromatic carbocycles. The first kappa shape index (κ1) is 21.2. The molecular formula is C24H29N5O2. The normalized spacial score (nSPS) is 16.1. The maximum absolute atomic E-state index is 13.3. The number of carbonyl (C=O) groups is 1. The Morgan fingerprint density at radius 3 is 2.81 bits per heavy atom. The van der Waals surface area contributed by atoms with E-state index in [0.717, 1.165) is 72.5 Å². The third-order valence-corrected chi connectivity index (χ3v) is 5.76. The van der Waals surface area contributed by atoms with Gasteiger partial charge in [0.15, 0.2) is 5.69 Å². The summed E-state index contributed by atoms with van der Waals surface area (Å²) in [4.78, 5) is 29.0. The van der Waals surface area contributed by atoms with E-state index < -0.39 is 0 Å². The van der Waals surface area contributed by atoms with E-state index in [2.05, 4.69) is 29.0 Å². The minimum Gasteiger partial charge on any atom is -0.361 e. The monoisotopic (exact) mass is 419 g/mol. The summed E-state index contributed by atoms with van der Waals surface area (Å²) in [7, 11) is 0. The lowest BCUT2D eigenvalue weighted by Gasteiger charge is -2.25. The highest BCUT2D eigenvalue weighted by atomic mass is 16.5. The molecule has 4 heterocycles. The lowest BCUT2D eigenvalue weighted by atomic mass is 9.97. The van der Waals surface area contributed by atoms with Crippen LogP contribution in [0, 0.1) is 6.92 Å². The van der Waals surface area contributed by atoms with Crippen LogP contribution in [0.1, 0.15) is 78.9 Å². The van der Waals surface area contributed by atoms with Gasteiger partial charge in [0.1, 0.15) is 11.6 Å². The summed E-state index contributed by atoms with van der Waals surface area (Å²) in [6, 6.07) is 3.66. The van der Waals surface area contributed by atoms with Gasteiger partial charge in [-0.15, -0.1) is 0 Å². The number of aromatic nitrogens is 4. The molecule has 31 heavy (non-hydrogen) atoms. The van der Waals surface area contributed by atoms with Crippen molar-refractivity contribution in [2.45, 2.75) is 65.3 Å². The SMILES string of the molecule is CCCc1ncc(-c2ccncc2C)c(C2CCCN2C(=O)c2cc(CCC)on2)n1. The fourth-order valence-electron chi connectivity index (χ4n) is 4.23. The first-order valence-electron chi connectivity index (χ1n) is 11.2. The highest BCUT2D eigenvalue weighted by molar-refractivity contribution is 5.93. The lowest BCUT2D eigenvalue weighted by molar-refractivity contribution is 0.0722. The van der Waals surface area contributed by atoms with Crippen LogP contribution < -0.4 is 0 Å². The third-order valence-electron chi connectivity index (χ3n) is 5.76. The van der Waals surface area contributed by atoms with Crippen LogP contribution in [0.3, 0.4) is 0 Å². The van der Waals surface area contributed by atoms with Gasteiger partial charge in [-0.05, 0) is 49.8 Å². The molecule has 0 bridgehead atoms. The second kappa shape index (κ2) is 9.37. The summed E-state index contributed by atoms with van der Waals surface area (Å²) in [6.07, 6.45) is 10.9. The number of rotatable bonds is 7. The van der Waals surface area contributed by atoms with Crippen molar-refractivity contribution in [2.75, 3.05) is 6.54 Å². The van der Waals surface area contributed by atoms with Crippen molar-refractivity contribution in [3.8, 4) is 11.1 Å². The van der Waals surface area contributed by atoms with Crippen molar-refractivity contribution in [1.82, 2.24) is 25.0 Å². The Kier molecular flexibility index (Phi) is 6.39. The van der Waals surface area contributed by atoms with E-state index in [9.17, 15) is 4.79 Å². The number of pyridine rings is 1. The van der Waals surface area contributed by atoms with Gasteiger partial charge in [-0.25, -0.2) is 9.97 Å². The largest absolute Gasteiger partial charge is 0.361 e. The number of aryl methyl sites for hydroxylation is 3. The molecule has 1 aliphatic rings. The molecule has 3 aromatic heterocycles. The van der Waals surface area contributed by atoms with Crippen molar-refractivity contribution in [1.29, 1.82) is 0 Å². The summed E-state index contributed by atoms with van der Waals surface area (Å²) in [5, 5.41) is 4.04. The fourth-order valence-corrected chi connectivity index (χ4v) is 4.23. The minimum absolute atomic E-state index is 0.0957. The van der Waals surface area contributed by atoms with E-state index in [1.165, 1.54) is 0 Å². The van der Waals surface area contributed by atoms with Crippen molar-refractivity contribution >= 4 is 5.91 Å². The molecule has 4 rings (SSSR count). The molecule has 7 nitrogen and oxygen atoms in total. The second-order valence-corrected chi connectivity index (χ2v) is 8.11. The summed E-state index contributed by atoms with van der Waals surface area (Å²) < 4.78 is 5.36. The first-order chi connectivity index (χ1) is 15.1. The van der Waals surface area contributed by atoms with Crippen LogP contribution in [0.25, 0.3) is 11.1 Å². The van der Waals surface area contributed by atoms with Crippen LogP contribution in [0.2, 0.25) is 0 Å². The Labute approximate surface area is 182 Å². The Hall–Kier alpha value is -3.09. The van der Waals surface area contributed by atoms with Gasteiger partial charge in [-0.3, -0.25) is 9.78 Å². The molecule has 0 N–H and O–H groups in total. The standard InChI is InChI=1S/C24H29N5O2/c1-4-7-17-13-20(28-31-17)24(30)29-12-6-9-21(29)23-19(15-26-22(27-23)8-5-2)18-10-11-25-14-16(18)3/h10-11,13-15,21H,4-9,12H2,1-3H3. The molecule has 162 valence electrons. The average Bonchev–Trinajstić information content (AvgIpc) is 3.44. The van der Waals surface area contributed by atoms with Gasteiger partial charge in [-0.1, -0.05) is 19.0 Å². The molecule has 0 radical (unpaired) electrons. The number of carbonyl (C=O) groups excluding carboxylic acids is 1. The second-order valence-electron chi connectivity index (χ2n) is 8.11. The first-order valence-corrected chi connectivity index (χ1v) is 11.2. The number of hydrogen-bond acceptors (Lipinski definition) is 6. The molecular weight excluding hydrogens is 390 g/mol. The van der Waals surface area contributed by atoms with Crippen molar-refractivity contribution in [3.63, 3.8) is 0 Å². The zero-order chi connectivity index (χ0) is 21.8. The Bertz CT molecular complexity index is 1060. The van der Waals surface area contributed by atoms with Crippen LogP contribution in [0.4, 0.5) is 0 Å². The van der Waals surface area contributed by atoms with E-state index in [-0.39, 0.29) is 11.9 Å². The van der Waals surface area contributed by atoms with Crippen LogP contribution in [-0.2, 0) is 12.8 Å². The number of hydrogen-bond donors (Lipinski definition) is 0. The molecule has 1 unspecified atom stereocenters. The van der Waals surface area contributed by atoms with Gasteiger partial charge in [0.05, 0.1) is 11.7 Å². The highest BCUT2D eigenvalue weighted by Crippen LogP contribution is 2.38. The Morgan fingerprint density at radius 1 is 1.19 bits per heavy atom. The van der Waals surface area contributed by atoms with E-state index in [0.29, 0.717) is 12.2 Å². The van der Waals surface area contributed by atoms with Crippen LogP contribution in [0.5, 0.6) is 0 Å². The van der Waals surface area contributed by atoms with E-state index in [1.54, 1.807) is 12.3 Å². The quantitative estimate of drug-likeness (QED) is 0.551. The van der Waals surface area contributed by atoms with Crippen molar-refractivity contribution in [3.05, 3.63) is 59.3 Å². The van der Waals surface area contributed by atoms with E-state index in [4.69, 9.17) is 9.51 Å². The summed E-state index contributed by atoms with van der Waals surface area (Å²) in [6.45, 7) is 6.91. The average molecular weight is 420 g/mol. The van der Waals surface area contributed by atoms with Crippen LogP contribution in [-0.4, -0.2) is 37.5 Å². The molecule has 0 spiro atoms. The Balaban J connectivity index is 1.73. The van der Waals surface area contributed by atoms with Crippen molar-refractivity contribution in [2.24, 2.45) is 0 Å². The molecule has 0 saturated carbocycles. The maximum Gasteiger partial charge on any atom is 0.276 e. The number of amides is 1. The fraction of sp³-hybridized carbons (Fsp3) is 0.458. The zero-order valence-electron chi connectivity index (χ0n) is 18.5. The summed E-state index contributed by atoms with van der Waals surface area (Å²) >= 11 is 0. The van der Waals surface area contributed by atoms with Gasteiger partial charge >= 0.3 is 0 Å². The number of likely N-dealkylation sites (tertiary alicyclic amines) is 1. The van der Waals surface area contributed by atoms with Crippen LogP contribution in [0.15, 0.2) is 35.2 Å². The van der Waals surface area contributed by atoms with Gasteiger partial charge in [0.2, 0.25) is 0 Å². The van der Waals surface area contributed by atoms with E-state index >= 15 is 0 Å². The third kappa shape index (κ3) is 4.36. The lowest BCUT2D eigenvalue weighted by Crippen LogP contribution is -2.31. The zero-order valence-corrected chi connectivity index (χ0v) is 18.5. The molecule has 7 heteroatoms.